The lowest BCUT2D eigenvalue weighted by Crippen LogP contribution is -2.31. The number of carbonyl (C=O) groups is 1. The number of benzene rings is 1. The predicted octanol–water partition coefficient (Wildman–Crippen LogP) is 3.70. The smallest absolute Gasteiger partial charge is 0.253 e. The van der Waals surface area contributed by atoms with Gasteiger partial charge in [0.2, 0.25) is 0 Å². The average molecular weight is 346 g/mol. The van der Waals surface area contributed by atoms with Gasteiger partial charge in [0.1, 0.15) is 0 Å². The van der Waals surface area contributed by atoms with E-state index in [4.69, 9.17) is 16.3 Å². The van der Waals surface area contributed by atoms with E-state index in [2.05, 4.69) is 15.6 Å². The number of ether oxygens (including phenoxy) is 1. The molecule has 0 saturated carbocycles. The topological polar surface area (TPSA) is 63.2 Å². The largest absolute Gasteiger partial charge is 0.376 e. The van der Waals surface area contributed by atoms with E-state index in [0.717, 1.165) is 36.4 Å². The Morgan fingerprint density at radius 1 is 1.38 bits per heavy atom. The summed E-state index contributed by atoms with van der Waals surface area (Å²) in [5, 5.41) is 6.81. The summed E-state index contributed by atoms with van der Waals surface area (Å²) in [6.07, 6.45) is 5.41. The Hall–Kier alpha value is -2.11. The number of hydrogen-bond donors (Lipinski definition) is 2. The highest BCUT2D eigenvalue weighted by Crippen LogP contribution is 2.24. The van der Waals surface area contributed by atoms with Gasteiger partial charge in [-0.2, -0.15) is 0 Å². The Bertz CT molecular complexity index is 730. The molecule has 5 nitrogen and oxygen atoms in total. The molecule has 6 heteroatoms. The summed E-state index contributed by atoms with van der Waals surface area (Å²) in [5.41, 5.74) is 3.21. The quantitative estimate of drug-likeness (QED) is 0.867. The number of hydrogen-bond acceptors (Lipinski definition) is 4. The molecule has 1 aliphatic heterocycles. The van der Waals surface area contributed by atoms with Gasteiger partial charge in [-0.15, -0.1) is 0 Å². The molecule has 1 aliphatic rings. The Balaban J connectivity index is 1.66. The minimum Gasteiger partial charge on any atom is -0.376 e. The lowest BCUT2D eigenvalue weighted by atomic mass is 10.2. The molecule has 2 heterocycles. The lowest BCUT2D eigenvalue weighted by Gasteiger charge is -2.12. The van der Waals surface area contributed by atoms with Crippen molar-refractivity contribution >= 4 is 28.9 Å². The Morgan fingerprint density at radius 3 is 3.04 bits per heavy atom. The maximum Gasteiger partial charge on any atom is 0.253 e. The van der Waals surface area contributed by atoms with Crippen LogP contribution in [0.1, 0.15) is 28.8 Å². The third kappa shape index (κ3) is 4.24. The first kappa shape index (κ1) is 16.7. The number of pyridine rings is 1. The van der Waals surface area contributed by atoms with E-state index in [-0.39, 0.29) is 12.0 Å². The molecule has 1 fully saturated rings. The second-order valence-electron chi connectivity index (χ2n) is 5.89. The van der Waals surface area contributed by atoms with Crippen molar-refractivity contribution in [1.82, 2.24) is 10.3 Å². The number of halogens is 1. The molecule has 0 aliphatic carbocycles. The van der Waals surface area contributed by atoms with Crippen molar-refractivity contribution in [2.45, 2.75) is 25.9 Å². The minimum atomic E-state index is -0.149. The molecule has 2 aromatic rings. The predicted molar refractivity (Wildman–Crippen MR) is 95.0 cm³/mol. The van der Waals surface area contributed by atoms with Crippen LogP contribution in [0.4, 0.5) is 11.4 Å². The maximum atomic E-state index is 12.3. The van der Waals surface area contributed by atoms with Crippen LogP contribution in [0, 0.1) is 6.92 Å². The number of amides is 1. The second kappa shape index (κ2) is 7.64. The zero-order valence-electron chi connectivity index (χ0n) is 13.5. The van der Waals surface area contributed by atoms with Crippen molar-refractivity contribution in [3.8, 4) is 0 Å². The molecule has 1 aromatic carbocycles. The monoisotopic (exact) mass is 345 g/mol. The average Bonchev–Trinajstić information content (AvgIpc) is 3.10. The third-order valence-corrected chi connectivity index (χ3v) is 4.23. The van der Waals surface area contributed by atoms with Gasteiger partial charge in [-0.25, -0.2) is 0 Å². The summed E-state index contributed by atoms with van der Waals surface area (Å²) in [7, 11) is 0. The van der Waals surface area contributed by atoms with E-state index in [1.54, 1.807) is 18.5 Å². The summed E-state index contributed by atoms with van der Waals surface area (Å²) in [6, 6.07) is 7.41. The lowest BCUT2D eigenvalue weighted by molar-refractivity contribution is 0.0857. The number of carbonyl (C=O) groups excluding carboxylic acids is 1. The van der Waals surface area contributed by atoms with Gasteiger partial charge in [0, 0.05) is 30.1 Å². The molecule has 1 amide bonds. The van der Waals surface area contributed by atoms with E-state index in [1.165, 1.54) is 0 Å². The first-order chi connectivity index (χ1) is 11.6. The zero-order valence-corrected chi connectivity index (χ0v) is 14.3. The van der Waals surface area contributed by atoms with Crippen molar-refractivity contribution in [2.24, 2.45) is 0 Å². The van der Waals surface area contributed by atoms with Crippen molar-refractivity contribution in [3.05, 3.63) is 52.8 Å². The number of nitrogens with zero attached hydrogens (tertiary/aromatic N) is 1. The molecule has 2 N–H and O–H groups in total. The number of rotatable bonds is 5. The van der Waals surface area contributed by atoms with Crippen LogP contribution < -0.4 is 10.6 Å². The van der Waals surface area contributed by atoms with Crippen LogP contribution in [0.25, 0.3) is 0 Å². The van der Waals surface area contributed by atoms with Gasteiger partial charge in [-0.1, -0.05) is 17.7 Å². The van der Waals surface area contributed by atoms with Gasteiger partial charge in [0.05, 0.1) is 23.6 Å². The molecule has 0 bridgehead atoms. The molecular formula is C18H20ClN3O2. The molecule has 3 rings (SSSR count). The van der Waals surface area contributed by atoms with Gasteiger partial charge in [-0.05, 0) is 43.5 Å². The molecule has 126 valence electrons. The molecule has 0 spiro atoms. The van der Waals surface area contributed by atoms with Gasteiger partial charge < -0.3 is 15.4 Å². The van der Waals surface area contributed by atoms with Crippen LogP contribution in [0.3, 0.4) is 0 Å². The maximum absolute atomic E-state index is 12.3. The molecule has 0 radical (unpaired) electrons. The van der Waals surface area contributed by atoms with E-state index in [9.17, 15) is 4.79 Å². The Morgan fingerprint density at radius 2 is 2.25 bits per heavy atom. The summed E-state index contributed by atoms with van der Waals surface area (Å²) in [6.45, 7) is 3.30. The van der Waals surface area contributed by atoms with E-state index < -0.39 is 0 Å². The van der Waals surface area contributed by atoms with Crippen LogP contribution in [0.2, 0.25) is 5.02 Å². The Labute approximate surface area is 146 Å². The first-order valence-corrected chi connectivity index (χ1v) is 8.37. The van der Waals surface area contributed by atoms with Crippen molar-refractivity contribution < 1.29 is 9.53 Å². The molecule has 1 atom stereocenters. The zero-order chi connectivity index (χ0) is 16.9. The summed E-state index contributed by atoms with van der Waals surface area (Å²) in [5.74, 6) is -0.149. The van der Waals surface area contributed by atoms with Crippen molar-refractivity contribution in [3.63, 3.8) is 0 Å². The van der Waals surface area contributed by atoms with Gasteiger partial charge in [-0.3, -0.25) is 9.78 Å². The first-order valence-electron chi connectivity index (χ1n) is 8.00. The molecule has 24 heavy (non-hydrogen) atoms. The third-order valence-electron chi connectivity index (χ3n) is 3.99. The highest BCUT2D eigenvalue weighted by molar-refractivity contribution is 6.30. The molecular weight excluding hydrogens is 326 g/mol. The normalized spacial score (nSPS) is 16.8. The summed E-state index contributed by atoms with van der Waals surface area (Å²) in [4.78, 5) is 16.4. The number of aromatic nitrogens is 1. The fraction of sp³-hybridized carbons (Fsp3) is 0.333. The van der Waals surface area contributed by atoms with E-state index in [0.29, 0.717) is 17.1 Å². The van der Waals surface area contributed by atoms with Gasteiger partial charge >= 0.3 is 0 Å². The standard InChI is InChI=1S/C18H20ClN3O2/c1-12-4-5-14(19)8-17(12)22-15-7-13(9-20-10-15)18(23)21-11-16-3-2-6-24-16/h4-5,7-10,16,22H,2-3,6,11H2,1H3,(H,21,23). The molecule has 1 unspecified atom stereocenters. The second-order valence-corrected chi connectivity index (χ2v) is 6.33. The minimum absolute atomic E-state index is 0.123. The molecule has 1 saturated heterocycles. The van der Waals surface area contributed by atoms with Crippen LogP contribution in [-0.2, 0) is 4.74 Å². The number of nitrogens with one attached hydrogen (secondary N) is 2. The SMILES string of the molecule is Cc1ccc(Cl)cc1Nc1cncc(C(=O)NCC2CCCO2)c1. The molecule has 1 aromatic heterocycles. The highest BCUT2D eigenvalue weighted by Gasteiger charge is 2.17. The van der Waals surface area contributed by atoms with E-state index >= 15 is 0 Å². The Kier molecular flexibility index (Phi) is 5.33. The number of aryl methyl sites for hydroxylation is 1. The van der Waals surface area contributed by atoms with Crippen LogP contribution in [0.15, 0.2) is 36.7 Å². The highest BCUT2D eigenvalue weighted by atomic mass is 35.5. The fourth-order valence-corrected chi connectivity index (χ4v) is 2.80. The van der Waals surface area contributed by atoms with Gasteiger partial charge in [0.25, 0.3) is 5.91 Å². The van der Waals surface area contributed by atoms with E-state index in [1.807, 2.05) is 25.1 Å². The van der Waals surface area contributed by atoms with Crippen molar-refractivity contribution in [1.29, 1.82) is 0 Å². The summed E-state index contributed by atoms with van der Waals surface area (Å²) < 4.78 is 5.51. The van der Waals surface area contributed by atoms with Crippen molar-refractivity contribution in [2.75, 3.05) is 18.5 Å². The number of anilines is 2. The van der Waals surface area contributed by atoms with Crippen LogP contribution >= 0.6 is 11.6 Å². The fourth-order valence-electron chi connectivity index (χ4n) is 2.63. The van der Waals surface area contributed by atoms with Crippen LogP contribution in [-0.4, -0.2) is 30.1 Å². The van der Waals surface area contributed by atoms with Gasteiger partial charge in [0.15, 0.2) is 0 Å². The van der Waals surface area contributed by atoms with Crippen LogP contribution in [0.5, 0.6) is 0 Å². The summed E-state index contributed by atoms with van der Waals surface area (Å²) >= 11 is 6.04.